The van der Waals surface area contributed by atoms with Crippen LogP contribution in [0.4, 0.5) is 0 Å². The summed E-state index contributed by atoms with van der Waals surface area (Å²) in [7, 11) is 0. The maximum atomic E-state index is 11.7. The van der Waals surface area contributed by atoms with Crippen molar-refractivity contribution in [2.45, 2.75) is 103 Å². The molecule has 0 N–H and O–H groups in total. The van der Waals surface area contributed by atoms with Crippen molar-refractivity contribution in [3.8, 4) is 0 Å². The molecule has 0 heterocycles. The van der Waals surface area contributed by atoms with Crippen LogP contribution in [0.1, 0.15) is 103 Å². The zero-order valence-electron chi connectivity index (χ0n) is 14.6. The molecule has 129 valence electrons. The number of carbonyl (C=O) groups is 1. The van der Waals surface area contributed by atoms with Crippen LogP contribution in [0, 0.1) is 12.8 Å². The molecule has 0 aromatic rings. The zero-order chi connectivity index (χ0) is 15.9. The summed E-state index contributed by atoms with van der Waals surface area (Å²) in [6.07, 6.45) is 19.6. The quantitative estimate of drug-likeness (QED) is 0.297. The van der Waals surface area contributed by atoms with E-state index in [1.807, 2.05) is 0 Å². The predicted octanol–water partition coefficient (Wildman–Crippen LogP) is 6.24. The van der Waals surface area contributed by atoms with Gasteiger partial charge in [-0.15, -0.1) is 0 Å². The van der Waals surface area contributed by atoms with E-state index in [9.17, 15) is 4.79 Å². The lowest BCUT2D eigenvalue weighted by molar-refractivity contribution is -0.144. The Balaban J connectivity index is 1.81. The van der Waals surface area contributed by atoms with E-state index >= 15 is 0 Å². The summed E-state index contributed by atoms with van der Waals surface area (Å²) in [5.74, 6) is 0.830. The minimum Gasteiger partial charge on any atom is -0.466 e. The number of hydrogen-bond donors (Lipinski definition) is 0. The molecule has 0 aromatic heterocycles. The predicted molar refractivity (Wildman–Crippen MR) is 93.7 cm³/mol. The fourth-order valence-corrected chi connectivity index (χ4v) is 3.39. The molecule has 2 heteroatoms. The van der Waals surface area contributed by atoms with Crippen molar-refractivity contribution in [3.63, 3.8) is 0 Å². The lowest BCUT2D eigenvalue weighted by atomic mass is 9.87. The summed E-state index contributed by atoms with van der Waals surface area (Å²) >= 11 is 0. The van der Waals surface area contributed by atoms with Gasteiger partial charge in [-0.05, 0) is 18.8 Å². The maximum Gasteiger partial charge on any atom is 0.305 e. The fourth-order valence-electron chi connectivity index (χ4n) is 3.39. The minimum absolute atomic E-state index is 0.0197. The second-order valence-corrected chi connectivity index (χ2v) is 6.95. The van der Waals surface area contributed by atoms with Gasteiger partial charge in [0.15, 0.2) is 0 Å². The number of esters is 1. The highest BCUT2D eigenvalue weighted by Crippen LogP contribution is 2.26. The average molecular weight is 310 g/mol. The summed E-state index contributed by atoms with van der Waals surface area (Å²) in [6, 6.07) is 0. The molecule has 0 spiro atoms. The summed E-state index contributed by atoms with van der Waals surface area (Å²) < 4.78 is 5.37. The van der Waals surface area contributed by atoms with E-state index in [0.29, 0.717) is 13.0 Å². The van der Waals surface area contributed by atoms with Crippen LogP contribution < -0.4 is 0 Å². The zero-order valence-corrected chi connectivity index (χ0v) is 14.6. The monoisotopic (exact) mass is 309 g/mol. The van der Waals surface area contributed by atoms with E-state index in [-0.39, 0.29) is 5.97 Å². The van der Waals surface area contributed by atoms with Crippen LogP contribution in [0.15, 0.2) is 0 Å². The number of hydrogen-bond acceptors (Lipinski definition) is 2. The van der Waals surface area contributed by atoms with Crippen molar-refractivity contribution in [2.75, 3.05) is 6.61 Å². The van der Waals surface area contributed by atoms with Gasteiger partial charge in [0.1, 0.15) is 0 Å². The Kier molecular flexibility index (Phi) is 12.5. The van der Waals surface area contributed by atoms with E-state index in [1.54, 1.807) is 0 Å². The molecule has 0 amide bonds. The summed E-state index contributed by atoms with van der Waals surface area (Å²) in [4.78, 5) is 11.7. The molecule has 1 radical (unpaired) electrons. The number of ether oxygens (including phenoxy) is 1. The van der Waals surface area contributed by atoms with Crippen LogP contribution in [-0.2, 0) is 9.53 Å². The third-order valence-corrected chi connectivity index (χ3v) is 4.89. The van der Waals surface area contributed by atoms with Gasteiger partial charge < -0.3 is 4.74 Å². The number of carbonyl (C=O) groups excluding carboxylic acids is 1. The van der Waals surface area contributed by atoms with Crippen LogP contribution in [0.3, 0.4) is 0 Å². The fraction of sp³-hybridized carbons (Fsp3) is 0.900. The first-order chi connectivity index (χ1) is 10.8. The smallest absolute Gasteiger partial charge is 0.305 e. The second-order valence-electron chi connectivity index (χ2n) is 6.95. The second kappa shape index (κ2) is 14.1. The Bertz CT molecular complexity index is 256. The van der Waals surface area contributed by atoms with Gasteiger partial charge in [0, 0.05) is 6.42 Å². The van der Waals surface area contributed by atoms with Gasteiger partial charge in [0.25, 0.3) is 0 Å². The highest BCUT2D eigenvalue weighted by molar-refractivity contribution is 5.69. The topological polar surface area (TPSA) is 26.3 Å². The van der Waals surface area contributed by atoms with Crippen molar-refractivity contribution < 1.29 is 9.53 Å². The lowest BCUT2D eigenvalue weighted by Crippen LogP contribution is -2.12. The largest absolute Gasteiger partial charge is 0.466 e. The molecule has 0 aromatic carbocycles. The number of rotatable bonds is 13. The van der Waals surface area contributed by atoms with Gasteiger partial charge in [-0.1, -0.05) is 90.4 Å². The van der Waals surface area contributed by atoms with E-state index in [4.69, 9.17) is 4.74 Å². The van der Waals surface area contributed by atoms with E-state index in [2.05, 4.69) is 6.92 Å². The first-order valence-electron chi connectivity index (χ1n) is 9.78. The molecule has 1 fully saturated rings. The average Bonchev–Trinajstić information content (AvgIpc) is 2.54. The molecular weight excluding hydrogens is 272 g/mol. The molecule has 1 saturated carbocycles. The van der Waals surface area contributed by atoms with Gasteiger partial charge in [-0.3, -0.25) is 4.79 Å². The molecule has 1 aliphatic carbocycles. The Labute approximate surface area is 138 Å². The molecule has 0 saturated heterocycles. The molecule has 22 heavy (non-hydrogen) atoms. The van der Waals surface area contributed by atoms with Crippen molar-refractivity contribution in [1.29, 1.82) is 0 Å². The Morgan fingerprint density at radius 3 is 2.09 bits per heavy atom. The third-order valence-electron chi connectivity index (χ3n) is 4.89. The maximum absolute atomic E-state index is 11.7. The standard InChI is InChI=1S/C20H37O2/c1-2-3-4-5-6-7-8-9-13-16-20(21)22-18-17-19-14-11-10-12-15-19/h19H,1-18H2. The molecular formula is C20H37O2. The Morgan fingerprint density at radius 1 is 0.864 bits per heavy atom. The summed E-state index contributed by atoms with van der Waals surface area (Å²) in [5.41, 5.74) is 0. The SMILES string of the molecule is [CH2]CCCCCCCCCCC(=O)OCCC1CCCCC1. The number of unbranched alkanes of at least 4 members (excludes halogenated alkanes) is 8. The van der Waals surface area contributed by atoms with Gasteiger partial charge in [0.2, 0.25) is 0 Å². The molecule has 0 aliphatic heterocycles. The highest BCUT2D eigenvalue weighted by Gasteiger charge is 2.13. The van der Waals surface area contributed by atoms with Gasteiger partial charge >= 0.3 is 5.97 Å². The highest BCUT2D eigenvalue weighted by atomic mass is 16.5. The van der Waals surface area contributed by atoms with Crippen LogP contribution in [0.25, 0.3) is 0 Å². The molecule has 0 atom stereocenters. The van der Waals surface area contributed by atoms with Crippen LogP contribution in [0.5, 0.6) is 0 Å². The molecule has 0 unspecified atom stereocenters. The first-order valence-corrected chi connectivity index (χ1v) is 9.78. The van der Waals surface area contributed by atoms with E-state index in [0.717, 1.165) is 25.2 Å². The molecule has 2 nitrogen and oxygen atoms in total. The van der Waals surface area contributed by atoms with Crippen molar-refractivity contribution in [3.05, 3.63) is 6.92 Å². The van der Waals surface area contributed by atoms with Crippen LogP contribution in [0.2, 0.25) is 0 Å². The molecule has 1 aliphatic rings. The first kappa shape index (κ1) is 19.5. The van der Waals surface area contributed by atoms with E-state index < -0.39 is 0 Å². The Hall–Kier alpha value is -0.530. The van der Waals surface area contributed by atoms with Crippen LogP contribution in [-0.4, -0.2) is 12.6 Å². The lowest BCUT2D eigenvalue weighted by Gasteiger charge is -2.21. The third kappa shape index (κ3) is 11.1. The minimum atomic E-state index is 0.0197. The summed E-state index contributed by atoms with van der Waals surface area (Å²) in [6.45, 7) is 4.51. The van der Waals surface area contributed by atoms with Crippen molar-refractivity contribution in [1.82, 2.24) is 0 Å². The van der Waals surface area contributed by atoms with Gasteiger partial charge in [0.05, 0.1) is 6.61 Å². The van der Waals surface area contributed by atoms with Gasteiger partial charge in [-0.2, -0.15) is 0 Å². The van der Waals surface area contributed by atoms with Gasteiger partial charge in [-0.25, -0.2) is 0 Å². The van der Waals surface area contributed by atoms with Crippen molar-refractivity contribution in [2.24, 2.45) is 5.92 Å². The molecule has 1 rings (SSSR count). The van der Waals surface area contributed by atoms with E-state index in [1.165, 1.54) is 77.0 Å². The Morgan fingerprint density at radius 2 is 1.45 bits per heavy atom. The van der Waals surface area contributed by atoms with Crippen molar-refractivity contribution >= 4 is 5.97 Å². The van der Waals surface area contributed by atoms with Crippen LogP contribution >= 0.6 is 0 Å². The molecule has 0 bridgehead atoms. The normalized spacial score (nSPS) is 15.9. The summed E-state index contributed by atoms with van der Waals surface area (Å²) in [5, 5.41) is 0.